The number of carbonyl (C=O) groups excluding carboxylic acids is 1. The van der Waals surface area contributed by atoms with Gasteiger partial charge in [-0.25, -0.2) is 13.1 Å². The molecule has 1 saturated heterocycles. The molecule has 2 aromatic rings. The fourth-order valence-electron chi connectivity index (χ4n) is 4.38. The van der Waals surface area contributed by atoms with Crippen molar-refractivity contribution in [2.24, 2.45) is 0 Å². The van der Waals surface area contributed by atoms with E-state index in [1.165, 1.54) is 12.1 Å². The maximum Gasteiger partial charge on any atom is 0.255 e. The Morgan fingerprint density at radius 1 is 1.00 bits per heavy atom. The van der Waals surface area contributed by atoms with Crippen molar-refractivity contribution in [2.75, 3.05) is 43.4 Å². The summed E-state index contributed by atoms with van der Waals surface area (Å²) >= 11 is 0. The van der Waals surface area contributed by atoms with Crippen molar-refractivity contribution >= 4 is 27.3 Å². The molecule has 2 aromatic carbocycles. The number of benzene rings is 2. The van der Waals surface area contributed by atoms with Crippen LogP contribution in [0.1, 0.15) is 41.6 Å². The summed E-state index contributed by atoms with van der Waals surface area (Å²) in [5.74, 6) is -0.321. The van der Waals surface area contributed by atoms with Crippen LogP contribution >= 0.6 is 0 Å². The van der Waals surface area contributed by atoms with Gasteiger partial charge in [-0.05, 0) is 68.8 Å². The third-order valence-corrected chi connectivity index (χ3v) is 7.93. The van der Waals surface area contributed by atoms with Crippen LogP contribution in [0.3, 0.4) is 0 Å². The van der Waals surface area contributed by atoms with Crippen LogP contribution in [0.5, 0.6) is 0 Å². The summed E-state index contributed by atoms with van der Waals surface area (Å²) in [5, 5.41) is 2.93. The molecule has 1 saturated carbocycles. The third kappa shape index (κ3) is 5.31. The first-order valence-corrected chi connectivity index (χ1v) is 12.8. The predicted molar refractivity (Wildman–Crippen MR) is 128 cm³/mol. The molecule has 7 nitrogen and oxygen atoms in total. The van der Waals surface area contributed by atoms with Crippen molar-refractivity contribution in [2.45, 2.75) is 43.5 Å². The van der Waals surface area contributed by atoms with Crippen LogP contribution in [0, 0.1) is 6.92 Å². The second-order valence-corrected chi connectivity index (χ2v) is 10.6. The van der Waals surface area contributed by atoms with Gasteiger partial charge >= 0.3 is 0 Å². The number of aryl methyl sites for hydroxylation is 1. The van der Waals surface area contributed by atoms with Gasteiger partial charge in [0.05, 0.1) is 4.90 Å². The van der Waals surface area contributed by atoms with Gasteiger partial charge in [-0.3, -0.25) is 4.79 Å². The highest BCUT2D eigenvalue weighted by Gasteiger charge is 2.23. The standard InChI is InChI=1S/C24H32N4O3S/c1-18-16-21(28-14-12-27(2)13-15-28)10-11-23(18)25-24(29)19-6-5-9-22(17-19)32(30,31)26-20-7-3-4-8-20/h5-6,9-11,16-17,20,26H,3-4,7-8,12-15H2,1-2H3,(H,25,29). The van der Waals surface area contributed by atoms with Gasteiger partial charge in [0.15, 0.2) is 0 Å². The summed E-state index contributed by atoms with van der Waals surface area (Å²) in [4.78, 5) is 17.7. The molecule has 2 N–H and O–H groups in total. The maximum absolute atomic E-state index is 12.9. The van der Waals surface area contributed by atoms with E-state index in [0.717, 1.165) is 68.8 Å². The molecule has 0 spiro atoms. The molecule has 0 atom stereocenters. The minimum atomic E-state index is -3.64. The molecular weight excluding hydrogens is 424 g/mol. The SMILES string of the molecule is Cc1cc(N2CCN(C)CC2)ccc1NC(=O)c1cccc(S(=O)(=O)NC2CCCC2)c1. The van der Waals surface area contributed by atoms with E-state index in [0.29, 0.717) is 5.56 Å². The molecule has 2 fully saturated rings. The second kappa shape index (κ2) is 9.60. The Morgan fingerprint density at radius 3 is 2.41 bits per heavy atom. The third-order valence-electron chi connectivity index (χ3n) is 6.41. The summed E-state index contributed by atoms with van der Waals surface area (Å²) in [6, 6.07) is 12.2. The molecule has 1 amide bonds. The normalized spacial score (nSPS) is 18.1. The minimum absolute atomic E-state index is 0.0149. The molecule has 32 heavy (non-hydrogen) atoms. The van der Waals surface area contributed by atoms with E-state index >= 15 is 0 Å². The largest absolute Gasteiger partial charge is 0.369 e. The van der Waals surface area contributed by atoms with Gasteiger partial charge in [0.1, 0.15) is 0 Å². The van der Waals surface area contributed by atoms with Crippen molar-refractivity contribution < 1.29 is 13.2 Å². The summed E-state index contributed by atoms with van der Waals surface area (Å²) < 4.78 is 28.2. The molecule has 2 aliphatic rings. The minimum Gasteiger partial charge on any atom is -0.369 e. The van der Waals surface area contributed by atoms with Crippen LogP contribution in [0.15, 0.2) is 47.4 Å². The average Bonchev–Trinajstić information content (AvgIpc) is 3.28. The fourth-order valence-corrected chi connectivity index (χ4v) is 5.73. The first-order chi connectivity index (χ1) is 15.3. The number of hydrogen-bond acceptors (Lipinski definition) is 5. The molecule has 0 aromatic heterocycles. The van der Waals surface area contributed by atoms with Crippen LogP contribution in [0.4, 0.5) is 11.4 Å². The Hall–Kier alpha value is -2.42. The van der Waals surface area contributed by atoms with E-state index in [1.807, 2.05) is 19.1 Å². The molecular formula is C24H32N4O3S. The summed E-state index contributed by atoms with van der Waals surface area (Å²) in [6.45, 7) is 6.01. The average molecular weight is 457 g/mol. The first-order valence-electron chi connectivity index (χ1n) is 11.3. The molecule has 172 valence electrons. The number of piperazine rings is 1. The van der Waals surface area contributed by atoms with Gasteiger partial charge in [-0.1, -0.05) is 18.9 Å². The highest BCUT2D eigenvalue weighted by Crippen LogP contribution is 2.25. The number of rotatable bonds is 6. The van der Waals surface area contributed by atoms with E-state index in [1.54, 1.807) is 12.1 Å². The Kier molecular flexibility index (Phi) is 6.83. The summed E-state index contributed by atoms with van der Waals surface area (Å²) in [6.07, 6.45) is 3.82. The molecule has 0 unspecified atom stereocenters. The summed E-state index contributed by atoms with van der Waals surface area (Å²) in [7, 11) is -1.51. The Balaban J connectivity index is 1.45. The number of amides is 1. The lowest BCUT2D eigenvalue weighted by molar-refractivity contribution is 0.102. The predicted octanol–water partition coefficient (Wildman–Crippen LogP) is 3.22. The lowest BCUT2D eigenvalue weighted by Gasteiger charge is -2.34. The molecule has 1 heterocycles. The highest BCUT2D eigenvalue weighted by molar-refractivity contribution is 7.89. The lowest BCUT2D eigenvalue weighted by Crippen LogP contribution is -2.44. The number of nitrogens with one attached hydrogen (secondary N) is 2. The van der Waals surface area contributed by atoms with E-state index in [9.17, 15) is 13.2 Å². The van der Waals surface area contributed by atoms with Crippen molar-refractivity contribution in [1.29, 1.82) is 0 Å². The lowest BCUT2D eigenvalue weighted by atomic mass is 10.1. The maximum atomic E-state index is 12.9. The van der Waals surface area contributed by atoms with Crippen LogP contribution in [-0.2, 0) is 10.0 Å². The van der Waals surface area contributed by atoms with Crippen molar-refractivity contribution in [3.05, 3.63) is 53.6 Å². The van der Waals surface area contributed by atoms with E-state index < -0.39 is 10.0 Å². The van der Waals surface area contributed by atoms with Crippen LogP contribution in [-0.4, -0.2) is 58.5 Å². The monoisotopic (exact) mass is 456 g/mol. The van der Waals surface area contributed by atoms with Gasteiger partial charge in [0, 0.05) is 49.2 Å². The molecule has 4 rings (SSSR count). The Bertz CT molecular complexity index is 1070. The molecule has 0 radical (unpaired) electrons. The highest BCUT2D eigenvalue weighted by atomic mass is 32.2. The molecule has 0 bridgehead atoms. The number of sulfonamides is 1. The number of nitrogens with zero attached hydrogens (tertiary/aromatic N) is 2. The van der Waals surface area contributed by atoms with Gasteiger partial charge in [0.2, 0.25) is 10.0 Å². The van der Waals surface area contributed by atoms with Crippen molar-refractivity contribution in [1.82, 2.24) is 9.62 Å². The summed E-state index contributed by atoms with van der Waals surface area (Å²) in [5.41, 5.74) is 3.17. The van der Waals surface area contributed by atoms with Gasteiger partial charge in [-0.2, -0.15) is 0 Å². The second-order valence-electron chi connectivity index (χ2n) is 8.87. The number of carbonyl (C=O) groups is 1. The van der Waals surface area contributed by atoms with Crippen molar-refractivity contribution in [3.8, 4) is 0 Å². The van der Waals surface area contributed by atoms with Gasteiger partial charge in [0.25, 0.3) is 5.91 Å². The first kappa shape index (κ1) is 22.8. The van der Waals surface area contributed by atoms with Gasteiger partial charge in [-0.15, -0.1) is 0 Å². The van der Waals surface area contributed by atoms with E-state index in [4.69, 9.17) is 0 Å². The van der Waals surface area contributed by atoms with E-state index in [2.05, 4.69) is 33.0 Å². The number of anilines is 2. The van der Waals surface area contributed by atoms with Gasteiger partial charge < -0.3 is 15.1 Å². The zero-order chi connectivity index (χ0) is 22.7. The van der Waals surface area contributed by atoms with Crippen LogP contribution in [0.25, 0.3) is 0 Å². The molecule has 1 aliphatic carbocycles. The molecule has 8 heteroatoms. The van der Waals surface area contributed by atoms with E-state index in [-0.39, 0.29) is 16.8 Å². The smallest absolute Gasteiger partial charge is 0.255 e. The zero-order valence-corrected chi connectivity index (χ0v) is 19.6. The zero-order valence-electron chi connectivity index (χ0n) is 18.8. The number of likely N-dealkylation sites (N-methyl/N-ethyl adjacent to an activating group) is 1. The quantitative estimate of drug-likeness (QED) is 0.698. The van der Waals surface area contributed by atoms with Crippen LogP contribution < -0.4 is 14.9 Å². The Morgan fingerprint density at radius 2 is 1.72 bits per heavy atom. The molecule has 1 aliphatic heterocycles. The number of hydrogen-bond donors (Lipinski definition) is 2. The topological polar surface area (TPSA) is 81.8 Å². The van der Waals surface area contributed by atoms with Crippen molar-refractivity contribution in [3.63, 3.8) is 0 Å². The fraction of sp³-hybridized carbons (Fsp3) is 0.458. The Labute approximate surface area is 190 Å². The van der Waals surface area contributed by atoms with Crippen LogP contribution in [0.2, 0.25) is 0 Å².